The van der Waals surface area contributed by atoms with Crippen LogP contribution in [0.5, 0.6) is 0 Å². The summed E-state index contributed by atoms with van der Waals surface area (Å²) < 4.78 is 0. The molecular formula is C10H12N2O. The lowest BCUT2D eigenvalue weighted by Crippen LogP contribution is -2.11. The number of rotatable bonds is 2. The Morgan fingerprint density at radius 2 is 2.15 bits per heavy atom. The fraction of sp³-hybridized carbons (Fsp3) is 0.200. The van der Waals surface area contributed by atoms with Crippen molar-refractivity contribution in [2.45, 2.75) is 6.10 Å². The van der Waals surface area contributed by atoms with E-state index in [1.807, 2.05) is 30.3 Å². The molecule has 0 bridgehead atoms. The molecule has 0 aliphatic heterocycles. The fourth-order valence-corrected chi connectivity index (χ4v) is 1.40. The Balaban J connectivity index is 2.49. The van der Waals surface area contributed by atoms with Crippen LogP contribution in [0.4, 0.5) is 0 Å². The predicted molar refractivity (Wildman–Crippen MR) is 52.3 cm³/mol. The zero-order valence-electron chi connectivity index (χ0n) is 7.20. The van der Waals surface area contributed by atoms with Gasteiger partial charge in [-0.15, -0.1) is 0 Å². The van der Waals surface area contributed by atoms with E-state index in [2.05, 4.69) is 4.98 Å². The molecule has 0 unspecified atom stereocenters. The maximum Gasteiger partial charge on any atom is 0.106 e. The molecule has 0 aliphatic carbocycles. The summed E-state index contributed by atoms with van der Waals surface area (Å²) in [6, 6.07) is 9.82. The smallest absolute Gasteiger partial charge is 0.106 e. The Morgan fingerprint density at radius 1 is 1.38 bits per heavy atom. The number of aliphatic hydroxyl groups is 1. The predicted octanol–water partition coefficient (Wildman–Crippen LogP) is 1.16. The van der Waals surface area contributed by atoms with Crippen LogP contribution in [0.3, 0.4) is 0 Å². The van der Waals surface area contributed by atoms with Gasteiger partial charge in [-0.2, -0.15) is 0 Å². The van der Waals surface area contributed by atoms with Crippen LogP contribution in [0.25, 0.3) is 10.9 Å². The standard InChI is InChI=1S/C10H12N2O/c11-6-10(13)9-5-7-3-1-2-4-8(7)12-9/h1-5,10,12-13H,6,11H2/t10-/m0/s1. The van der Waals surface area contributed by atoms with Gasteiger partial charge in [0.25, 0.3) is 0 Å². The molecule has 2 rings (SSSR count). The van der Waals surface area contributed by atoms with Gasteiger partial charge in [-0.25, -0.2) is 0 Å². The van der Waals surface area contributed by atoms with E-state index in [0.29, 0.717) is 0 Å². The first kappa shape index (κ1) is 8.29. The van der Waals surface area contributed by atoms with Crippen LogP contribution < -0.4 is 5.73 Å². The molecule has 0 spiro atoms. The van der Waals surface area contributed by atoms with E-state index in [1.54, 1.807) is 0 Å². The van der Waals surface area contributed by atoms with Gasteiger partial charge in [-0.1, -0.05) is 18.2 Å². The number of benzene rings is 1. The van der Waals surface area contributed by atoms with Crippen LogP contribution in [0.1, 0.15) is 11.8 Å². The van der Waals surface area contributed by atoms with Gasteiger partial charge in [0, 0.05) is 17.8 Å². The van der Waals surface area contributed by atoms with Crippen molar-refractivity contribution in [2.24, 2.45) is 5.73 Å². The van der Waals surface area contributed by atoms with E-state index in [4.69, 9.17) is 5.73 Å². The van der Waals surface area contributed by atoms with E-state index in [9.17, 15) is 5.11 Å². The summed E-state index contributed by atoms with van der Waals surface area (Å²) in [7, 11) is 0. The molecule has 0 saturated carbocycles. The molecule has 1 aromatic heterocycles. The second-order valence-corrected chi connectivity index (χ2v) is 3.06. The zero-order chi connectivity index (χ0) is 9.26. The topological polar surface area (TPSA) is 62.0 Å². The third-order valence-corrected chi connectivity index (χ3v) is 2.13. The molecule has 4 N–H and O–H groups in total. The maximum absolute atomic E-state index is 9.47. The normalized spacial score (nSPS) is 13.4. The largest absolute Gasteiger partial charge is 0.386 e. The van der Waals surface area contributed by atoms with Gasteiger partial charge in [0.2, 0.25) is 0 Å². The van der Waals surface area contributed by atoms with Crippen molar-refractivity contribution >= 4 is 10.9 Å². The number of H-pyrrole nitrogens is 1. The SMILES string of the molecule is NC[C@H](O)c1cc2ccccc2[nH]1. The van der Waals surface area contributed by atoms with E-state index >= 15 is 0 Å². The lowest BCUT2D eigenvalue weighted by atomic mass is 10.2. The van der Waals surface area contributed by atoms with E-state index in [-0.39, 0.29) is 6.54 Å². The van der Waals surface area contributed by atoms with Gasteiger partial charge in [0.1, 0.15) is 6.10 Å². The summed E-state index contributed by atoms with van der Waals surface area (Å²) in [4.78, 5) is 3.12. The van der Waals surface area contributed by atoms with Gasteiger partial charge in [-0.05, 0) is 17.5 Å². The van der Waals surface area contributed by atoms with Gasteiger partial charge < -0.3 is 15.8 Å². The average Bonchev–Trinajstić information content (AvgIpc) is 2.59. The summed E-state index contributed by atoms with van der Waals surface area (Å²) in [5, 5.41) is 10.6. The minimum absolute atomic E-state index is 0.243. The Labute approximate surface area is 76.2 Å². The Morgan fingerprint density at radius 3 is 2.85 bits per heavy atom. The molecular weight excluding hydrogens is 164 g/mol. The van der Waals surface area contributed by atoms with Gasteiger partial charge in [-0.3, -0.25) is 0 Å². The van der Waals surface area contributed by atoms with Crippen molar-refractivity contribution in [3.63, 3.8) is 0 Å². The molecule has 68 valence electrons. The van der Waals surface area contributed by atoms with E-state index in [0.717, 1.165) is 16.6 Å². The molecule has 2 aromatic rings. The quantitative estimate of drug-likeness (QED) is 0.643. The molecule has 1 aromatic carbocycles. The third-order valence-electron chi connectivity index (χ3n) is 2.13. The summed E-state index contributed by atoms with van der Waals surface area (Å²) >= 11 is 0. The number of hydrogen-bond donors (Lipinski definition) is 3. The highest BCUT2D eigenvalue weighted by Gasteiger charge is 2.07. The number of nitrogens with one attached hydrogen (secondary N) is 1. The second kappa shape index (κ2) is 3.20. The van der Waals surface area contributed by atoms with Gasteiger partial charge in [0.15, 0.2) is 0 Å². The molecule has 0 radical (unpaired) electrons. The number of nitrogens with two attached hydrogens (primary N) is 1. The summed E-state index contributed by atoms with van der Waals surface area (Å²) in [5.74, 6) is 0. The number of fused-ring (bicyclic) bond motifs is 1. The van der Waals surface area contributed by atoms with Gasteiger partial charge in [0.05, 0.1) is 0 Å². The highest BCUT2D eigenvalue weighted by atomic mass is 16.3. The number of aromatic amines is 1. The third kappa shape index (κ3) is 1.43. The summed E-state index contributed by atoms with van der Waals surface area (Å²) in [6.07, 6.45) is -0.590. The van der Waals surface area contributed by atoms with Crippen molar-refractivity contribution in [1.82, 2.24) is 4.98 Å². The lowest BCUT2D eigenvalue weighted by molar-refractivity contribution is 0.183. The van der Waals surface area contributed by atoms with Crippen LogP contribution in [-0.4, -0.2) is 16.6 Å². The fourth-order valence-electron chi connectivity index (χ4n) is 1.40. The molecule has 1 heterocycles. The van der Waals surface area contributed by atoms with E-state index < -0.39 is 6.10 Å². The highest BCUT2D eigenvalue weighted by molar-refractivity contribution is 5.80. The first-order chi connectivity index (χ1) is 6.31. The molecule has 0 aliphatic rings. The Kier molecular flexibility index (Phi) is 2.04. The van der Waals surface area contributed by atoms with Crippen LogP contribution in [0, 0.1) is 0 Å². The number of aliphatic hydroxyl groups excluding tert-OH is 1. The Hall–Kier alpha value is -1.32. The number of aromatic nitrogens is 1. The minimum Gasteiger partial charge on any atom is -0.386 e. The van der Waals surface area contributed by atoms with Crippen molar-refractivity contribution in [1.29, 1.82) is 0 Å². The van der Waals surface area contributed by atoms with E-state index in [1.165, 1.54) is 0 Å². The average molecular weight is 176 g/mol. The summed E-state index contributed by atoms with van der Waals surface area (Å²) in [6.45, 7) is 0.243. The molecule has 3 heteroatoms. The van der Waals surface area contributed by atoms with Crippen molar-refractivity contribution in [2.75, 3.05) is 6.54 Å². The molecule has 0 fully saturated rings. The molecule has 3 nitrogen and oxygen atoms in total. The van der Waals surface area contributed by atoms with Crippen molar-refractivity contribution in [3.8, 4) is 0 Å². The maximum atomic E-state index is 9.47. The first-order valence-electron chi connectivity index (χ1n) is 4.27. The van der Waals surface area contributed by atoms with Crippen LogP contribution in [0.15, 0.2) is 30.3 Å². The van der Waals surface area contributed by atoms with Gasteiger partial charge >= 0.3 is 0 Å². The van der Waals surface area contributed by atoms with Crippen molar-refractivity contribution < 1.29 is 5.11 Å². The second-order valence-electron chi connectivity index (χ2n) is 3.06. The van der Waals surface area contributed by atoms with Crippen LogP contribution in [-0.2, 0) is 0 Å². The highest BCUT2D eigenvalue weighted by Crippen LogP contribution is 2.18. The molecule has 1 atom stereocenters. The van der Waals surface area contributed by atoms with Crippen molar-refractivity contribution in [3.05, 3.63) is 36.0 Å². The minimum atomic E-state index is -0.590. The number of para-hydroxylation sites is 1. The zero-order valence-corrected chi connectivity index (χ0v) is 7.20. The van der Waals surface area contributed by atoms with Crippen LogP contribution >= 0.6 is 0 Å². The van der Waals surface area contributed by atoms with Crippen LogP contribution in [0.2, 0.25) is 0 Å². The number of hydrogen-bond acceptors (Lipinski definition) is 2. The molecule has 13 heavy (non-hydrogen) atoms. The monoisotopic (exact) mass is 176 g/mol. The first-order valence-corrected chi connectivity index (χ1v) is 4.27. The lowest BCUT2D eigenvalue weighted by Gasteiger charge is -2.02. The molecule has 0 amide bonds. The Bertz CT molecular complexity index is 375. The summed E-state index contributed by atoms with van der Waals surface area (Å²) in [5.41, 5.74) is 7.17. The molecule has 0 saturated heterocycles.